The van der Waals surface area contributed by atoms with E-state index in [0.29, 0.717) is 12.2 Å². The molecule has 0 unspecified atom stereocenters. The summed E-state index contributed by atoms with van der Waals surface area (Å²) in [6, 6.07) is 5.94. The Morgan fingerprint density at radius 1 is 1.55 bits per heavy atom. The number of nitriles is 1. The second-order valence-electron chi connectivity index (χ2n) is 4.52. The lowest BCUT2D eigenvalue weighted by Crippen LogP contribution is -2.32. The van der Waals surface area contributed by atoms with Gasteiger partial charge in [0.15, 0.2) is 0 Å². The van der Waals surface area contributed by atoms with Gasteiger partial charge < -0.3 is 10.6 Å². The molecule has 0 aliphatic heterocycles. The number of rotatable bonds is 6. The maximum Gasteiger partial charge on any atom is 0.292 e. The van der Waals surface area contributed by atoms with Crippen molar-refractivity contribution in [3.05, 3.63) is 33.9 Å². The summed E-state index contributed by atoms with van der Waals surface area (Å²) < 4.78 is 0. The molecule has 0 radical (unpaired) electrons. The molecule has 7 heteroatoms. The number of anilines is 1. The fraction of sp³-hybridized carbons (Fsp3) is 0.385. The molecule has 0 saturated heterocycles. The Balaban J connectivity index is 3.35. The molecule has 7 nitrogen and oxygen atoms in total. The third kappa shape index (κ3) is 3.45. The van der Waals surface area contributed by atoms with Crippen LogP contribution < -0.4 is 10.6 Å². The Hall–Kier alpha value is -2.62. The van der Waals surface area contributed by atoms with Gasteiger partial charge in [0.1, 0.15) is 5.69 Å². The second kappa shape index (κ2) is 6.52. The highest BCUT2D eigenvalue weighted by atomic mass is 16.6. The van der Waals surface area contributed by atoms with E-state index in [9.17, 15) is 14.9 Å². The number of carbonyl (C=O) groups is 1. The van der Waals surface area contributed by atoms with Crippen molar-refractivity contribution in [3.8, 4) is 6.07 Å². The Bertz CT molecular complexity index is 563. The standard InChI is InChI=1S/C13H16N4O3/c1-9(2)16(7-3-6-14)12-8-10(13(15)18)4-5-11(12)17(19)20/h4-5,8-9H,3,7H2,1-2H3,(H2,15,18). The number of amides is 1. The number of nitro benzene ring substituents is 1. The lowest BCUT2D eigenvalue weighted by molar-refractivity contribution is -0.384. The summed E-state index contributed by atoms with van der Waals surface area (Å²) in [6.07, 6.45) is 0.232. The van der Waals surface area contributed by atoms with Crippen LogP contribution in [0.25, 0.3) is 0 Å². The zero-order valence-corrected chi connectivity index (χ0v) is 11.4. The van der Waals surface area contributed by atoms with Crippen LogP contribution in [0.1, 0.15) is 30.6 Å². The van der Waals surface area contributed by atoms with Crippen molar-refractivity contribution in [1.29, 1.82) is 5.26 Å². The number of carbonyl (C=O) groups excluding carboxylic acids is 1. The lowest BCUT2D eigenvalue weighted by atomic mass is 10.1. The highest BCUT2D eigenvalue weighted by Gasteiger charge is 2.22. The molecule has 1 amide bonds. The summed E-state index contributed by atoms with van der Waals surface area (Å²) in [5.41, 5.74) is 5.60. The van der Waals surface area contributed by atoms with Gasteiger partial charge in [-0.3, -0.25) is 14.9 Å². The van der Waals surface area contributed by atoms with Crippen molar-refractivity contribution >= 4 is 17.3 Å². The van der Waals surface area contributed by atoms with Crippen LogP contribution in [-0.2, 0) is 0 Å². The van der Waals surface area contributed by atoms with Crippen LogP contribution in [0.15, 0.2) is 18.2 Å². The van der Waals surface area contributed by atoms with Gasteiger partial charge in [-0.25, -0.2) is 0 Å². The van der Waals surface area contributed by atoms with E-state index in [0.717, 1.165) is 0 Å². The lowest BCUT2D eigenvalue weighted by Gasteiger charge is -2.28. The minimum absolute atomic E-state index is 0.0508. The molecule has 0 saturated carbocycles. The highest BCUT2D eigenvalue weighted by Crippen LogP contribution is 2.30. The van der Waals surface area contributed by atoms with Crippen LogP contribution in [0.5, 0.6) is 0 Å². The first-order chi connectivity index (χ1) is 9.38. The molecule has 0 fully saturated rings. The third-order valence-corrected chi connectivity index (χ3v) is 2.85. The summed E-state index contributed by atoms with van der Waals surface area (Å²) in [5, 5.41) is 19.8. The molecule has 2 N–H and O–H groups in total. The average molecular weight is 276 g/mol. The van der Waals surface area contributed by atoms with Crippen molar-refractivity contribution in [2.45, 2.75) is 26.3 Å². The largest absolute Gasteiger partial charge is 0.366 e. The fourth-order valence-electron chi connectivity index (χ4n) is 1.89. The molecular weight excluding hydrogens is 260 g/mol. The third-order valence-electron chi connectivity index (χ3n) is 2.85. The van der Waals surface area contributed by atoms with Crippen molar-refractivity contribution in [3.63, 3.8) is 0 Å². The van der Waals surface area contributed by atoms with Gasteiger partial charge in [0.2, 0.25) is 5.91 Å². The van der Waals surface area contributed by atoms with Gasteiger partial charge in [-0.05, 0) is 26.0 Å². The number of nitro groups is 1. The topological polar surface area (TPSA) is 113 Å². The monoisotopic (exact) mass is 276 g/mol. The Labute approximate surface area is 116 Å². The van der Waals surface area contributed by atoms with Crippen molar-refractivity contribution in [2.24, 2.45) is 5.73 Å². The molecule has 0 heterocycles. The van der Waals surface area contributed by atoms with E-state index in [1.807, 2.05) is 19.9 Å². The van der Waals surface area contributed by atoms with Crippen molar-refractivity contribution in [2.75, 3.05) is 11.4 Å². The number of primary amides is 1. The molecular formula is C13H16N4O3. The number of hydrogen-bond donors (Lipinski definition) is 1. The second-order valence-corrected chi connectivity index (χ2v) is 4.52. The molecule has 0 aliphatic rings. The SMILES string of the molecule is CC(C)N(CCC#N)c1cc(C(N)=O)ccc1[N+](=O)[O-]. The van der Waals surface area contributed by atoms with E-state index in [1.165, 1.54) is 18.2 Å². The minimum atomic E-state index is -0.648. The van der Waals surface area contributed by atoms with E-state index in [1.54, 1.807) is 4.90 Å². The normalized spacial score (nSPS) is 10.1. The summed E-state index contributed by atoms with van der Waals surface area (Å²) in [7, 11) is 0. The number of nitrogens with zero attached hydrogens (tertiary/aromatic N) is 3. The minimum Gasteiger partial charge on any atom is -0.366 e. The van der Waals surface area contributed by atoms with Gasteiger partial charge in [-0.2, -0.15) is 5.26 Å². The zero-order chi connectivity index (χ0) is 15.3. The summed E-state index contributed by atoms with van der Waals surface area (Å²) in [4.78, 5) is 23.5. The van der Waals surface area contributed by atoms with Crippen molar-refractivity contribution < 1.29 is 9.72 Å². The number of hydrogen-bond acceptors (Lipinski definition) is 5. The summed E-state index contributed by atoms with van der Waals surface area (Å²) in [5.74, 6) is -0.648. The summed E-state index contributed by atoms with van der Waals surface area (Å²) in [6.45, 7) is 4.06. The molecule has 1 rings (SSSR count). The van der Waals surface area contributed by atoms with Crippen molar-refractivity contribution in [1.82, 2.24) is 0 Å². The van der Waals surface area contributed by atoms with Gasteiger partial charge in [0.25, 0.3) is 5.69 Å². The van der Waals surface area contributed by atoms with Gasteiger partial charge in [-0.1, -0.05) is 0 Å². The molecule has 0 spiro atoms. The van der Waals surface area contributed by atoms with Crippen LogP contribution >= 0.6 is 0 Å². The first kappa shape index (κ1) is 15.4. The van der Waals surface area contributed by atoms with E-state index in [4.69, 9.17) is 11.0 Å². The van der Waals surface area contributed by atoms with Crippen LogP contribution in [-0.4, -0.2) is 23.4 Å². The van der Waals surface area contributed by atoms with Crippen LogP contribution in [0.2, 0.25) is 0 Å². The maximum atomic E-state index is 11.2. The summed E-state index contributed by atoms with van der Waals surface area (Å²) >= 11 is 0. The van der Waals surface area contributed by atoms with E-state index >= 15 is 0 Å². The molecule has 106 valence electrons. The highest BCUT2D eigenvalue weighted by molar-refractivity contribution is 5.94. The first-order valence-electron chi connectivity index (χ1n) is 6.10. The first-order valence-corrected chi connectivity index (χ1v) is 6.10. The van der Waals surface area contributed by atoms with Gasteiger partial charge in [0, 0.05) is 24.2 Å². The average Bonchev–Trinajstić information content (AvgIpc) is 2.38. The van der Waals surface area contributed by atoms with Crippen LogP contribution in [0.3, 0.4) is 0 Å². The van der Waals surface area contributed by atoms with E-state index in [2.05, 4.69) is 0 Å². The molecule has 0 aliphatic carbocycles. The van der Waals surface area contributed by atoms with Crippen LogP contribution in [0.4, 0.5) is 11.4 Å². The predicted octanol–water partition coefficient (Wildman–Crippen LogP) is 1.82. The van der Waals surface area contributed by atoms with Crippen LogP contribution in [0, 0.1) is 21.4 Å². The Morgan fingerprint density at radius 2 is 2.20 bits per heavy atom. The van der Waals surface area contributed by atoms with E-state index in [-0.39, 0.29) is 23.7 Å². The molecule has 0 atom stereocenters. The maximum absolute atomic E-state index is 11.2. The smallest absolute Gasteiger partial charge is 0.292 e. The molecule has 0 bridgehead atoms. The molecule has 0 aromatic heterocycles. The molecule has 1 aromatic rings. The predicted molar refractivity (Wildman–Crippen MR) is 74.3 cm³/mol. The van der Waals surface area contributed by atoms with Gasteiger partial charge in [0.05, 0.1) is 17.4 Å². The van der Waals surface area contributed by atoms with E-state index < -0.39 is 10.8 Å². The number of benzene rings is 1. The Kier molecular flexibility index (Phi) is 5.03. The Morgan fingerprint density at radius 3 is 2.65 bits per heavy atom. The van der Waals surface area contributed by atoms with Gasteiger partial charge >= 0.3 is 0 Å². The van der Waals surface area contributed by atoms with Gasteiger partial charge in [-0.15, -0.1) is 0 Å². The number of nitrogens with two attached hydrogens (primary N) is 1. The fourth-order valence-corrected chi connectivity index (χ4v) is 1.89. The zero-order valence-electron chi connectivity index (χ0n) is 11.4. The molecule has 20 heavy (non-hydrogen) atoms. The quantitative estimate of drug-likeness (QED) is 0.628. The molecule has 1 aromatic carbocycles.